The van der Waals surface area contributed by atoms with Gasteiger partial charge in [0, 0.05) is 22.7 Å². The highest BCUT2D eigenvalue weighted by atomic mass is 79.9. The van der Waals surface area contributed by atoms with Gasteiger partial charge in [0.05, 0.1) is 12.2 Å². The number of halogens is 1. The molecule has 0 bridgehead atoms. The van der Waals surface area contributed by atoms with Crippen molar-refractivity contribution in [1.82, 2.24) is 0 Å². The van der Waals surface area contributed by atoms with Crippen LogP contribution in [0.3, 0.4) is 0 Å². The van der Waals surface area contributed by atoms with E-state index in [2.05, 4.69) is 26.0 Å². The summed E-state index contributed by atoms with van der Waals surface area (Å²) in [6.07, 6.45) is 4.64. The highest BCUT2D eigenvalue weighted by Crippen LogP contribution is 2.33. The predicted molar refractivity (Wildman–Crippen MR) is 83.3 cm³/mol. The van der Waals surface area contributed by atoms with Gasteiger partial charge in [0.2, 0.25) is 0 Å². The van der Waals surface area contributed by atoms with Gasteiger partial charge in [-0.1, -0.05) is 24.1 Å². The molecule has 4 N–H and O–H groups in total. The summed E-state index contributed by atoms with van der Waals surface area (Å²) in [6.45, 7) is 0.630. The molecule has 0 aromatic heterocycles. The molecule has 0 radical (unpaired) electrons. The molecule has 0 heterocycles. The number of oxime groups is 1. The molecule has 0 amide bonds. The van der Waals surface area contributed by atoms with E-state index < -0.39 is 0 Å². The number of benzene rings is 1. The summed E-state index contributed by atoms with van der Waals surface area (Å²) in [5.41, 5.74) is 7.38. The van der Waals surface area contributed by atoms with Crippen LogP contribution in [-0.4, -0.2) is 35.3 Å². The summed E-state index contributed by atoms with van der Waals surface area (Å²) < 4.78 is 0.784. The lowest BCUT2D eigenvalue weighted by Gasteiger charge is -2.32. The SMILES string of the molecule is N/C(=N/O)c1c(Br)cccc1N(CCO)C1CCCC1. The topological polar surface area (TPSA) is 82.1 Å². The molecule has 2 rings (SSSR count). The average molecular weight is 342 g/mol. The quantitative estimate of drug-likeness (QED) is 0.332. The summed E-state index contributed by atoms with van der Waals surface area (Å²) in [6, 6.07) is 6.14. The standard InChI is InChI=1S/C14H20BrN3O2/c15-11-6-3-7-12(13(11)14(16)17-20)18(8-9-19)10-4-1-2-5-10/h3,6-7,10,19-20H,1-2,4-5,8-9H2,(H2,16,17). The van der Waals surface area contributed by atoms with Crippen molar-refractivity contribution in [1.29, 1.82) is 0 Å². The largest absolute Gasteiger partial charge is 0.409 e. The third-order valence-electron chi connectivity index (χ3n) is 3.77. The van der Waals surface area contributed by atoms with Crippen molar-refractivity contribution < 1.29 is 10.3 Å². The second-order valence-corrected chi connectivity index (χ2v) is 5.83. The smallest absolute Gasteiger partial charge is 0.173 e. The van der Waals surface area contributed by atoms with Crippen LogP contribution in [0.15, 0.2) is 27.8 Å². The molecule has 1 saturated carbocycles. The maximum atomic E-state index is 9.35. The second-order valence-electron chi connectivity index (χ2n) is 4.97. The van der Waals surface area contributed by atoms with Gasteiger partial charge in [-0.3, -0.25) is 0 Å². The molecule has 110 valence electrons. The van der Waals surface area contributed by atoms with Crippen molar-refractivity contribution in [2.45, 2.75) is 31.7 Å². The van der Waals surface area contributed by atoms with Crippen molar-refractivity contribution in [3.63, 3.8) is 0 Å². The summed E-state index contributed by atoms with van der Waals surface area (Å²) in [7, 11) is 0. The zero-order chi connectivity index (χ0) is 14.5. The third kappa shape index (κ3) is 3.07. The van der Waals surface area contributed by atoms with E-state index in [1.54, 1.807) is 0 Å². The lowest BCUT2D eigenvalue weighted by molar-refractivity contribution is 0.297. The molecule has 0 atom stereocenters. The van der Waals surface area contributed by atoms with Gasteiger partial charge in [0.15, 0.2) is 5.84 Å². The zero-order valence-corrected chi connectivity index (χ0v) is 12.9. The molecular weight excluding hydrogens is 322 g/mol. The summed E-state index contributed by atoms with van der Waals surface area (Å²) in [5.74, 6) is 0.0772. The average Bonchev–Trinajstić information content (AvgIpc) is 2.97. The Kier molecular flexibility index (Phi) is 5.25. The normalized spacial score (nSPS) is 16.6. The number of nitrogens with zero attached hydrogens (tertiary/aromatic N) is 2. The van der Waals surface area contributed by atoms with Crippen LogP contribution in [-0.2, 0) is 0 Å². The van der Waals surface area contributed by atoms with E-state index in [-0.39, 0.29) is 12.4 Å². The molecule has 0 aliphatic heterocycles. The first-order valence-corrected chi connectivity index (χ1v) is 7.62. The van der Waals surface area contributed by atoms with E-state index in [9.17, 15) is 5.11 Å². The van der Waals surface area contributed by atoms with E-state index >= 15 is 0 Å². The maximum Gasteiger partial charge on any atom is 0.173 e. The minimum atomic E-state index is 0.0772. The Morgan fingerprint density at radius 3 is 2.70 bits per heavy atom. The molecule has 1 aromatic carbocycles. The van der Waals surface area contributed by atoms with Crippen LogP contribution >= 0.6 is 15.9 Å². The summed E-state index contributed by atoms with van der Waals surface area (Å²) >= 11 is 3.46. The number of amidine groups is 1. The first kappa shape index (κ1) is 15.1. The third-order valence-corrected chi connectivity index (χ3v) is 4.43. The minimum Gasteiger partial charge on any atom is -0.409 e. The monoisotopic (exact) mass is 341 g/mol. The molecule has 0 spiro atoms. The molecule has 1 aromatic rings. The van der Waals surface area contributed by atoms with Crippen LogP contribution < -0.4 is 10.6 Å². The lowest BCUT2D eigenvalue weighted by atomic mass is 10.1. The van der Waals surface area contributed by atoms with E-state index in [0.717, 1.165) is 23.0 Å². The van der Waals surface area contributed by atoms with Gasteiger partial charge >= 0.3 is 0 Å². The van der Waals surface area contributed by atoms with E-state index in [1.165, 1.54) is 12.8 Å². The van der Waals surface area contributed by atoms with Gasteiger partial charge in [-0.2, -0.15) is 0 Å². The van der Waals surface area contributed by atoms with Gasteiger partial charge in [-0.15, -0.1) is 0 Å². The van der Waals surface area contributed by atoms with Gasteiger partial charge < -0.3 is 20.9 Å². The van der Waals surface area contributed by atoms with Crippen LogP contribution in [0.25, 0.3) is 0 Å². The van der Waals surface area contributed by atoms with Crippen molar-refractivity contribution in [2.24, 2.45) is 10.9 Å². The number of hydrogen-bond acceptors (Lipinski definition) is 4. The fraction of sp³-hybridized carbons (Fsp3) is 0.500. The van der Waals surface area contributed by atoms with Gasteiger partial charge in [0.1, 0.15) is 0 Å². The van der Waals surface area contributed by atoms with Gasteiger partial charge in [-0.25, -0.2) is 0 Å². The van der Waals surface area contributed by atoms with E-state index in [0.29, 0.717) is 18.2 Å². The van der Waals surface area contributed by atoms with Crippen LogP contribution in [0.4, 0.5) is 5.69 Å². The Labute approximate surface area is 127 Å². The van der Waals surface area contributed by atoms with Crippen molar-refractivity contribution in [3.05, 3.63) is 28.2 Å². The minimum absolute atomic E-state index is 0.0772. The van der Waals surface area contributed by atoms with Crippen LogP contribution in [0.5, 0.6) is 0 Å². The Bertz CT molecular complexity index is 487. The molecule has 0 saturated heterocycles. The van der Waals surface area contributed by atoms with E-state index in [4.69, 9.17) is 10.9 Å². The second kappa shape index (κ2) is 6.95. The molecule has 6 heteroatoms. The number of nitrogens with two attached hydrogens (primary N) is 1. The summed E-state index contributed by atoms with van der Waals surface area (Å²) in [4.78, 5) is 2.17. The number of aliphatic hydroxyl groups is 1. The zero-order valence-electron chi connectivity index (χ0n) is 11.3. The molecule has 1 fully saturated rings. The Balaban J connectivity index is 2.44. The fourth-order valence-corrected chi connectivity index (χ4v) is 3.44. The van der Waals surface area contributed by atoms with Crippen molar-refractivity contribution in [3.8, 4) is 0 Å². The van der Waals surface area contributed by atoms with Crippen LogP contribution in [0.2, 0.25) is 0 Å². The first-order valence-electron chi connectivity index (χ1n) is 6.83. The van der Waals surface area contributed by atoms with Gasteiger partial charge in [-0.05, 0) is 40.9 Å². The Morgan fingerprint density at radius 1 is 1.40 bits per heavy atom. The Hall–Kier alpha value is -1.27. The molecule has 1 aliphatic carbocycles. The number of aliphatic hydroxyl groups excluding tert-OH is 1. The Morgan fingerprint density at radius 2 is 2.10 bits per heavy atom. The number of anilines is 1. The van der Waals surface area contributed by atoms with Crippen LogP contribution in [0.1, 0.15) is 31.2 Å². The fourth-order valence-electron chi connectivity index (χ4n) is 2.88. The predicted octanol–water partition coefficient (Wildman–Crippen LogP) is 2.28. The lowest BCUT2D eigenvalue weighted by Crippen LogP contribution is -2.37. The van der Waals surface area contributed by atoms with Crippen LogP contribution in [0, 0.1) is 0 Å². The van der Waals surface area contributed by atoms with Crippen molar-refractivity contribution in [2.75, 3.05) is 18.1 Å². The highest BCUT2D eigenvalue weighted by molar-refractivity contribution is 9.10. The number of rotatable bonds is 5. The highest BCUT2D eigenvalue weighted by Gasteiger charge is 2.25. The van der Waals surface area contributed by atoms with E-state index in [1.807, 2.05) is 18.2 Å². The molecule has 1 aliphatic rings. The molecular formula is C14H20BrN3O2. The summed E-state index contributed by atoms with van der Waals surface area (Å²) in [5, 5.41) is 21.5. The van der Waals surface area contributed by atoms with Crippen molar-refractivity contribution >= 4 is 27.5 Å². The first-order chi connectivity index (χ1) is 9.69. The number of hydrogen-bond donors (Lipinski definition) is 3. The molecule has 20 heavy (non-hydrogen) atoms. The molecule has 0 unspecified atom stereocenters. The molecule has 5 nitrogen and oxygen atoms in total. The maximum absolute atomic E-state index is 9.35. The van der Waals surface area contributed by atoms with Gasteiger partial charge in [0.25, 0.3) is 0 Å².